The van der Waals surface area contributed by atoms with Gasteiger partial charge in [-0.25, -0.2) is 9.79 Å². The molecule has 0 aliphatic carbocycles. The zero-order valence-electron chi connectivity index (χ0n) is 17.1. The van der Waals surface area contributed by atoms with Crippen molar-refractivity contribution in [2.75, 3.05) is 6.61 Å². The first kappa shape index (κ1) is 22.3. The number of phenolic OH excluding ortho intramolecular Hbond substituents is 1. The Hall–Kier alpha value is -2.87. The minimum absolute atomic E-state index is 0.00196. The van der Waals surface area contributed by atoms with E-state index in [0.29, 0.717) is 41.8 Å². The Bertz CT molecular complexity index is 1420. The molecular weight excluding hydrogens is 471 g/mol. The highest BCUT2D eigenvalue weighted by atomic mass is 35.5. The van der Waals surface area contributed by atoms with Gasteiger partial charge in [-0.05, 0) is 55.8 Å². The third-order valence-electron chi connectivity index (χ3n) is 4.98. The number of carbonyl (C=O) groups is 1. The number of halogens is 2. The van der Waals surface area contributed by atoms with Gasteiger partial charge in [0.1, 0.15) is 5.75 Å². The van der Waals surface area contributed by atoms with Crippen molar-refractivity contribution >= 4 is 46.6 Å². The van der Waals surface area contributed by atoms with Crippen molar-refractivity contribution in [3.63, 3.8) is 0 Å². The molecule has 1 unspecified atom stereocenters. The number of benzene rings is 2. The number of aromatic hydroxyl groups is 1. The highest BCUT2D eigenvalue weighted by Gasteiger charge is 2.33. The number of hydrogen-bond donors (Lipinski definition) is 1. The smallest absolute Gasteiger partial charge is 0.338 e. The average Bonchev–Trinajstić information content (AvgIpc) is 3.05. The molecule has 1 N–H and O–H groups in total. The lowest BCUT2D eigenvalue weighted by molar-refractivity contribution is -0.139. The van der Waals surface area contributed by atoms with Crippen LogP contribution >= 0.6 is 34.5 Å². The van der Waals surface area contributed by atoms with Crippen LogP contribution in [0.3, 0.4) is 0 Å². The van der Waals surface area contributed by atoms with Gasteiger partial charge in [-0.2, -0.15) is 0 Å². The number of ether oxygens (including phenoxy) is 1. The molecule has 1 aliphatic rings. The summed E-state index contributed by atoms with van der Waals surface area (Å²) in [5.74, 6) is -0.534. The summed E-state index contributed by atoms with van der Waals surface area (Å²) in [4.78, 5) is 31.2. The monoisotopic (exact) mass is 488 g/mol. The molecule has 4 rings (SSSR count). The molecule has 2 heterocycles. The van der Waals surface area contributed by atoms with Crippen molar-refractivity contribution in [2.45, 2.75) is 19.9 Å². The standard InChI is InChI=1S/C23H18Cl2N2O4S/c1-3-31-22(30)19-12(2)26-23-27(20(19)13-4-6-15(24)7-5-13)21(29)18(32-23)11-14-10-16(25)8-9-17(14)28/h4-11,20,28H,3H2,1-2H3/b18-11+. The fraction of sp³-hybridized carbons (Fsp3) is 0.174. The number of rotatable bonds is 4. The normalized spacial score (nSPS) is 16.0. The molecule has 1 aromatic heterocycles. The van der Waals surface area contributed by atoms with E-state index in [9.17, 15) is 14.7 Å². The van der Waals surface area contributed by atoms with Crippen LogP contribution in [-0.2, 0) is 9.53 Å². The van der Waals surface area contributed by atoms with Crippen LogP contribution in [0.4, 0.5) is 0 Å². The Labute approximate surface area is 197 Å². The Morgan fingerprint density at radius 3 is 2.59 bits per heavy atom. The van der Waals surface area contributed by atoms with Gasteiger partial charge in [0.2, 0.25) is 0 Å². The fourth-order valence-electron chi connectivity index (χ4n) is 3.53. The summed E-state index contributed by atoms with van der Waals surface area (Å²) in [6, 6.07) is 10.8. The van der Waals surface area contributed by atoms with Gasteiger partial charge >= 0.3 is 5.97 Å². The topological polar surface area (TPSA) is 80.9 Å². The molecule has 0 saturated carbocycles. The van der Waals surface area contributed by atoms with E-state index in [1.54, 1.807) is 56.3 Å². The van der Waals surface area contributed by atoms with Crippen LogP contribution in [0.2, 0.25) is 10.0 Å². The van der Waals surface area contributed by atoms with Crippen LogP contribution in [0.5, 0.6) is 5.75 Å². The SMILES string of the molecule is CCOC(=O)C1=C(C)N=c2s/c(=C/c3cc(Cl)ccc3O)c(=O)n2C1c1ccc(Cl)cc1. The van der Waals surface area contributed by atoms with Crippen molar-refractivity contribution < 1.29 is 14.6 Å². The first-order chi connectivity index (χ1) is 15.3. The van der Waals surface area contributed by atoms with Crippen molar-refractivity contribution in [3.05, 3.63) is 94.6 Å². The van der Waals surface area contributed by atoms with Gasteiger partial charge in [0.05, 0.1) is 28.5 Å². The van der Waals surface area contributed by atoms with E-state index in [2.05, 4.69) is 4.99 Å². The summed E-state index contributed by atoms with van der Waals surface area (Å²) >= 11 is 13.3. The molecular formula is C23H18Cl2N2O4S. The summed E-state index contributed by atoms with van der Waals surface area (Å²) in [6.07, 6.45) is 1.56. The number of phenols is 1. The largest absolute Gasteiger partial charge is 0.507 e. The Morgan fingerprint density at radius 2 is 1.91 bits per heavy atom. The van der Waals surface area contributed by atoms with E-state index < -0.39 is 12.0 Å². The molecule has 9 heteroatoms. The molecule has 6 nitrogen and oxygen atoms in total. The quantitative estimate of drug-likeness (QED) is 0.566. The van der Waals surface area contributed by atoms with Crippen molar-refractivity contribution in [1.29, 1.82) is 0 Å². The molecule has 164 valence electrons. The summed E-state index contributed by atoms with van der Waals surface area (Å²) < 4.78 is 7.08. The van der Waals surface area contributed by atoms with E-state index in [-0.39, 0.29) is 17.9 Å². The Morgan fingerprint density at radius 1 is 1.22 bits per heavy atom. The molecule has 2 aromatic carbocycles. The summed E-state index contributed by atoms with van der Waals surface area (Å²) in [7, 11) is 0. The zero-order chi connectivity index (χ0) is 23.0. The molecule has 0 radical (unpaired) electrons. The molecule has 0 saturated heterocycles. The van der Waals surface area contributed by atoms with Crippen LogP contribution in [0.25, 0.3) is 6.08 Å². The lowest BCUT2D eigenvalue weighted by Crippen LogP contribution is -2.39. The van der Waals surface area contributed by atoms with Crippen LogP contribution in [0.15, 0.2) is 63.5 Å². The molecule has 3 aromatic rings. The second-order valence-corrected chi connectivity index (χ2v) is 8.94. The molecule has 0 amide bonds. The molecule has 0 spiro atoms. The maximum atomic E-state index is 13.5. The number of nitrogens with zero attached hydrogens (tertiary/aromatic N) is 2. The first-order valence-electron chi connectivity index (χ1n) is 9.73. The van der Waals surface area contributed by atoms with Crippen LogP contribution in [0, 0.1) is 0 Å². The number of esters is 1. The lowest BCUT2D eigenvalue weighted by Gasteiger charge is -2.24. The number of fused-ring (bicyclic) bond motifs is 1. The van der Waals surface area contributed by atoms with Crippen molar-refractivity contribution in [1.82, 2.24) is 4.57 Å². The van der Waals surface area contributed by atoms with Gasteiger partial charge in [-0.3, -0.25) is 9.36 Å². The zero-order valence-corrected chi connectivity index (χ0v) is 19.5. The highest BCUT2D eigenvalue weighted by Crippen LogP contribution is 2.31. The van der Waals surface area contributed by atoms with E-state index in [4.69, 9.17) is 27.9 Å². The van der Waals surface area contributed by atoms with E-state index >= 15 is 0 Å². The molecule has 0 bridgehead atoms. The van der Waals surface area contributed by atoms with Crippen LogP contribution in [-0.4, -0.2) is 22.2 Å². The third-order valence-corrected chi connectivity index (χ3v) is 6.45. The fourth-order valence-corrected chi connectivity index (χ4v) is 4.88. The predicted octanol–water partition coefficient (Wildman–Crippen LogP) is 3.81. The van der Waals surface area contributed by atoms with Crippen LogP contribution in [0.1, 0.15) is 31.0 Å². The van der Waals surface area contributed by atoms with Gasteiger partial charge < -0.3 is 9.84 Å². The van der Waals surface area contributed by atoms with E-state index in [1.807, 2.05) is 0 Å². The summed E-state index contributed by atoms with van der Waals surface area (Å²) in [5, 5.41) is 11.1. The molecule has 0 fully saturated rings. The van der Waals surface area contributed by atoms with Gasteiger partial charge in [0.25, 0.3) is 5.56 Å². The van der Waals surface area contributed by atoms with Gasteiger partial charge in [0, 0.05) is 15.6 Å². The summed E-state index contributed by atoms with van der Waals surface area (Å²) in [6.45, 7) is 3.63. The Balaban J connectivity index is 1.97. The number of aromatic nitrogens is 1. The highest BCUT2D eigenvalue weighted by molar-refractivity contribution is 7.07. The van der Waals surface area contributed by atoms with Crippen LogP contribution < -0.4 is 14.9 Å². The number of allylic oxidation sites excluding steroid dienone is 1. The second kappa shape index (κ2) is 8.94. The van der Waals surface area contributed by atoms with Gasteiger partial charge in [-0.1, -0.05) is 46.7 Å². The van der Waals surface area contributed by atoms with Gasteiger partial charge in [0.15, 0.2) is 4.80 Å². The lowest BCUT2D eigenvalue weighted by atomic mass is 9.96. The molecule has 32 heavy (non-hydrogen) atoms. The maximum absolute atomic E-state index is 13.5. The van der Waals surface area contributed by atoms with Gasteiger partial charge in [-0.15, -0.1) is 0 Å². The minimum Gasteiger partial charge on any atom is -0.507 e. The Kier molecular flexibility index (Phi) is 6.24. The van der Waals surface area contributed by atoms with Crippen molar-refractivity contribution in [2.24, 2.45) is 4.99 Å². The van der Waals surface area contributed by atoms with E-state index in [0.717, 1.165) is 0 Å². The number of carbonyl (C=O) groups excluding carboxylic acids is 1. The maximum Gasteiger partial charge on any atom is 0.338 e. The molecule has 1 aliphatic heterocycles. The minimum atomic E-state index is -0.724. The first-order valence-corrected chi connectivity index (χ1v) is 11.3. The summed E-state index contributed by atoms with van der Waals surface area (Å²) in [5.41, 5.74) is 1.53. The molecule has 1 atom stereocenters. The predicted molar refractivity (Wildman–Crippen MR) is 125 cm³/mol. The number of thiazole rings is 1. The number of hydrogen-bond acceptors (Lipinski definition) is 6. The third kappa shape index (κ3) is 4.11. The average molecular weight is 489 g/mol. The van der Waals surface area contributed by atoms with Crippen molar-refractivity contribution in [3.8, 4) is 5.75 Å². The second-order valence-electron chi connectivity index (χ2n) is 7.06. The van der Waals surface area contributed by atoms with E-state index in [1.165, 1.54) is 22.0 Å².